The van der Waals surface area contributed by atoms with Gasteiger partial charge in [-0.2, -0.15) is 10.2 Å². The zero-order valence-corrected chi connectivity index (χ0v) is 39.0. The summed E-state index contributed by atoms with van der Waals surface area (Å²) in [7, 11) is 4.29. The molecule has 0 aliphatic heterocycles. The summed E-state index contributed by atoms with van der Waals surface area (Å²) in [6.07, 6.45) is 4.06. The summed E-state index contributed by atoms with van der Waals surface area (Å²) in [5.41, 5.74) is 21.1. The van der Waals surface area contributed by atoms with Crippen molar-refractivity contribution >= 4 is 69.5 Å². The van der Waals surface area contributed by atoms with E-state index in [4.69, 9.17) is 31.7 Å². The van der Waals surface area contributed by atoms with E-state index in [0.29, 0.717) is 58.8 Å². The van der Waals surface area contributed by atoms with Gasteiger partial charge in [-0.05, 0) is 76.9 Å². The van der Waals surface area contributed by atoms with Crippen molar-refractivity contribution in [3.8, 4) is 11.5 Å². The molecule has 5 amide bonds. The van der Waals surface area contributed by atoms with Crippen molar-refractivity contribution in [2.45, 2.75) is 79.2 Å². The second-order valence-electron chi connectivity index (χ2n) is 15.7. The topological polar surface area (TPSA) is 307 Å². The fourth-order valence-electron chi connectivity index (χ4n) is 7.56. The molecule has 6 rings (SSSR count). The number of anilines is 2. The smallest absolute Gasteiger partial charge is 0.305 e. The molecule has 4 heterocycles. The molecular weight excluding hydrogens is 881 g/mol. The van der Waals surface area contributed by atoms with E-state index in [0.717, 1.165) is 0 Å². The molecule has 0 radical (unpaired) electrons. The number of likely N-dealkylation sites (N-methyl/N-ethyl adjacent to an activating group) is 1. The summed E-state index contributed by atoms with van der Waals surface area (Å²) in [5, 5.41) is 14.6. The first kappa shape index (κ1) is 49.4. The number of carbonyl (C=O) groups excluding carboxylic acids is 6. The number of nitrogens with two attached hydrogens (primary N) is 3. The molecule has 1 unspecified atom stereocenters. The van der Waals surface area contributed by atoms with Gasteiger partial charge in [0.15, 0.2) is 0 Å². The number of nitrogens with one attached hydrogen (secondary N) is 2. The average Bonchev–Trinajstić information content (AvgIpc) is 4.09. The standard InChI is InChI=1S/C45H56N14O9/c1-8-58-32(19-25(3)53-58)41(63)51-44-49-30-21-27(39(47)61)23-34(66-6)37(30)56(44)16-10-11-17-57-38-31(50-45(57)52-42(64)33-20-26(4)54-59(33)9-2)22-28(40(48)62)24-35(38)68-18-12-15-55(5)43(65)29(46)13-14-36(60)67-7/h10-11,19-24,29H,8-9,12-18,46H2,1-7H3,(H2,47,61)(H2,48,62)(H,49,51,63)(H,50,52,64)/b11-10+. The van der Waals surface area contributed by atoms with Crippen molar-refractivity contribution in [3.05, 3.63) is 82.5 Å². The number of fused-ring (bicyclic) bond motifs is 2. The van der Waals surface area contributed by atoms with Gasteiger partial charge in [0.1, 0.15) is 33.9 Å². The van der Waals surface area contributed by atoms with Gasteiger partial charge in [-0.3, -0.25) is 48.8 Å². The summed E-state index contributed by atoms with van der Waals surface area (Å²) in [5.74, 6) is -2.46. The minimum absolute atomic E-state index is 0.00000396. The van der Waals surface area contributed by atoms with Gasteiger partial charge >= 0.3 is 5.97 Å². The molecule has 1 atom stereocenters. The highest BCUT2D eigenvalue weighted by Crippen LogP contribution is 2.33. The molecule has 2 aromatic carbocycles. The minimum atomic E-state index is -0.905. The Morgan fingerprint density at radius 2 is 1.24 bits per heavy atom. The Balaban J connectivity index is 1.35. The molecule has 0 saturated carbocycles. The first-order chi connectivity index (χ1) is 32.5. The lowest BCUT2D eigenvalue weighted by molar-refractivity contribution is -0.141. The third-order valence-corrected chi connectivity index (χ3v) is 10.9. The van der Waals surface area contributed by atoms with Crippen LogP contribution in [0.2, 0.25) is 0 Å². The van der Waals surface area contributed by atoms with Crippen molar-refractivity contribution in [2.24, 2.45) is 17.2 Å². The third-order valence-electron chi connectivity index (χ3n) is 10.9. The molecule has 0 bridgehead atoms. The molecule has 23 nitrogen and oxygen atoms in total. The average molecular weight is 937 g/mol. The van der Waals surface area contributed by atoms with E-state index in [-0.39, 0.29) is 85.0 Å². The fourth-order valence-corrected chi connectivity index (χ4v) is 7.56. The summed E-state index contributed by atoms with van der Waals surface area (Å²) in [6.45, 7) is 8.68. The molecule has 0 aliphatic rings. The monoisotopic (exact) mass is 936 g/mol. The molecule has 4 aromatic heterocycles. The molecule has 6 aromatic rings. The first-order valence-corrected chi connectivity index (χ1v) is 21.8. The molecule has 23 heteroatoms. The van der Waals surface area contributed by atoms with Crippen LogP contribution in [-0.2, 0) is 40.5 Å². The van der Waals surface area contributed by atoms with Crippen LogP contribution in [0.3, 0.4) is 0 Å². The van der Waals surface area contributed by atoms with Crippen molar-refractivity contribution in [1.82, 2.24) is 43.6 Å². The van der Waals surface area contributed by atoms with E-state index in [9.17, 15) is 28.8 Å². The third kappa shape index (κ3) is 10.9. The van der Waals surface area contributed by atoms with Crippen molar-refractivity contribution < 1.29 is 43.0 Å². The minimum Gasteiger partial charge on any atom is -0.494 e. The van der Waals surface area contributed by atoms with Crippen LogP contribution >= 0.6 is 0 Å². The fraction of sp³-hybridized carbons (Fsp3) is 0.378. The predicted molar refractivity (Wildman–Crippen MR) is 250 cm³/mol. The summed E-state index contributed by atoms with van der Waals surface area (Å²) in [6, 6.07) is 8.39. The van der Waals surface area contributed by atoms with Crippen LogP contribution in [0.15, 0.2) is 48.6 Å². The zero-order valence-electron chi connectivity index (χ0n) is 39.0. The number of amides is 5. The number of allylic oxidation sites excluding steroid dienone is 2. The maximum atomic E-state index is 13.9. The number of esters is 1. The van der Waals surface area contributed by atoms with Gasteiger partial charge in [-0.25, -0.2) is 9.97 Å². The lowest BCUT2D eigenvalue weighted by Crippen LogP contribution is -2.42. The van der Waals surface area contributed by atoms with E-state index in [1.807, 2.05) is 13.8 Å². The number of rotatable bonds is 22. The number of hydrogen-bond donors (Lipinski definition) is 5. The van der Waals surface area contributed by atoms with Gasteiger partial charge in [0.05, 0.1) is 49.3 Å². The number of primary amides is 2. The molecule has 8 N–H and O–H groups in total. The molecule has 0 fully saturated rings. The number of ether oxygens (including phenoxy) is 3. The number of aryl methyl sites for hydroxylation is 4. The Morgan fingerprint density at radius 1 is 0.750 bits per heavy atom. The molecule has 360 valence electrons. The Hall–Kier alpha value is -8.08. The van der Waals surface area contributed by atoms with Crippen LogP contribution in [0.25, 0.3) is 22.1 Å². The molecule has 0 aliphatic carbocycles. The largest absolute Gasteiger partial charge is 0.494 e. The van der Waals surface area contributed by atoms with E-state index in [1.165, 1.54) is 43.4 Å². The SMILES string of the molecule is CCn1nc(C)cc1C(=O)Nc1nc2cc(C(N)=O)cc(OC)c2n1C/C=C/Cn1c(NC(=O)c2cc(C)nn2CC)nc2cc(C(N)=O)cc(OCCCN(C)C(=O)C(N)CCC(=O)OC)c21. The van der Waals surface area contributed by atoms with E-state index in [1.54, 1.807) is 63.7 Å². The van der Waals surface area contributed by atoms with E-state index >= 15 is 0 Å². The second kappa shape index (κ2) is 21.5. The Morgan fingerprint density at radius 3 is 1.69 bits per heavy atom. The highest BCUT2D eigenvalue weighted by Gasteiger charge is 2.25. The van der Waals surface area contributed by atoms with E-state index < -0.39 is 35.6 Å². The van der Waals surface area contributed by atoms with Gasteiger partial charge in [-0.1, -0.05) is 12.2 Å². The van der Waals surface area contributed by atoms with Crippen LogP contribution < -0.4 is 37.3 Å². The summed E-state index contributed by atoms with van der Waals surface area (Å²) >= 11 is 0. The van der Waals surface area contributed by atoms with Crippen molar-refractivity contribution in [3.63, 3.8) is 0 Å². The summed E-state index contributed by atoms with van der Waals surface area (Å²) < 4.78 is 23.2. The van der Waals surface area contributed by atoms with Crippen LogP contribution in [0.1, 0.15) is 86.2 Å². The maximum Gasteiger partial charge on any atom is 0.305 e. The Kier molecular flexibility index (Phi) is 15.6. The van der Waals surface area contributed by atoms with Crippen LogP contribution in [0.4, 0.5) is 11.9 Å². The molecule has 68 heavy (non-hydrogen) atoms. The number of carbonyl (C=O) groups is 6. The number of methoxy groups -OCH3 is 2. The highest BCUT2D eigenvalue weighted by molar-refractivity contribution is 6.05. The number of hydrogen-bond acceptors (Lipinski definition) is 14. The first-order valence-electron chi connectivity index (χ1n) is 21.8. The number of imidazole rings is 2. The van der Waals surface area contributed by atoms with Gasteiger partial charge < -0.3 is 45.4 Å². The molecule has 0 spiro atoms. The van der Waals surface area contributed by atoms with Gasteiger partial charge in [0, 0.05) is 57.3 Å². The lowest BCUT2D eigenvalue weighted by atomic mass is 10.1. The number of aromatic nitrogens is 8. The lowest BCUT2D eigenvalue weighted by Gasteiger charge is -2.21. The van der Waals surface area contributed by atoms with Crippen molar-refractivity contribution in [2.75, 3.05) is 45.1 Å². The quantitative estimate of drug-likeness (QED) is 0.0372. The normalized spacial score (nSPS) is 11.8. The Bertz CT molecular complexity index is 2920. The van der Waals surface area contributed by atoms with Crippen LogP contribution in [-0.4, -0.2) is 120 Å². The van der Waals surface area contributed by atoms with Crippen LogP contribution in [0, 0.1) is 13.8 Å². The zero-order chi connectivity index (χ0) is 49.4. The highest BCUT2D eigenvalue weighted by atomic mass is 16.5. The molecular formula is C45H56N14O9. The van der Waals surface area contributed by atoms with E-state index in [2.05, 4.69) is 30.6 Å². The van der Waals surface area contributed by atoms with Crippen LogP contribution in [0.5, 0.6) is 11.5 Å². The predicted octanol–water partition coefficient (Wildman–Crippen LogP) is 2.91. The second-order valence-corrected chi connectivity index (χ2v) is 15.7. The summed E-state index contributed by atoms with van der Waals surface area (Å²) in [4.78, 5) is 87.8. The number of benzene rings is 2. The van der Waals surface area contributed by atoms with Gasteiger partial charge in [0.2, 0.25) is 29.6 Å². The molecule has 0 saturated heterocycles. The van der Waals surface area contributed by atoms with Gasteiger partial charge in [-0.15, -0.1) is 0 Å². The Labute approximate surface area is 390 Å². The maximum absolute atomic E-state index is 13.9. The van der Waals surface area contributed by atoms with Gasteiger partial charge in [0.25, 0.3) is 11.8 Å². The number of nitrogens with zero attached hydrogens (tertiary/aromatic N) is 9. The van der Waals surface area contributed by atoms with Crippen molar-refractivity contribution in [1.29, 1.82) is 0 Å².